The number of nitrogens with two attached hydrogens (primary N) is 1. The van der Waals surface area contributed by atoms with Gasteiger partial charge in [0.1, 0.15) is 6.04 Å². The van der Waals surface area contributed by atoms with Gasteiger partial charge in [-0.15, -0.1) is 0 Å². The van der Waals surface area contributed by atoms with Crippen LogP contribution in [-0.2, 0) is 16.1 Å². The van der Waals surface area contributed by atoms with Crippen LogP contribution in [0.4, 0.5) is 5.69 Å². The first-order valence-electron chi connectivity index (χ1n) is 6.16. The van der Waals surface area contributed by atoms with Crippen molar-refractivity contribution in [3.8, 4) is 0 Å². The monoisotopic (exact) mass is 275 g/mol. The summed E-state index contributed by atoms with van der Waals surface area (Å²) in [5.41, 5.74) is 7.32. The normalized spacial score (nSPS) is 12.1. The minimum absolute atomic E-state index is 0.178. The molecule has 1 atom stereocenters. The van der Waals surface area contributed by atoms with E-state index >= 15 is 0 Å². The van der Waals surface area contributed by atoms with E-state index in [4.69, 9.17) is 10.5 Å². The zero-order valence-corrected chi connectivity index (χ0v) is 11.2. The van der Waals surface area contributed by atoms with Crippen LogP contribution in [0.5, 0.6) is 0 Å². The fourth-order valence-corrected chi connectivity index (χ4v) is 1.68. The minimum atomic E-state index is -0.691. The molecule has 2 aromatic rings. The lowest BCUT2D eigenvalue weighted by Crippen LogP contribution is -2.39. The number of rotatable bonds is 6. The lowest BCUT2D eigenvalue weighted by Gasteiger charge is -2.09. The van der Waals surface area contributed by atoms with Crippen molar-refractivity contribution < 1.29 is 9.53 Å². The predicted molar refractivity (Wildman–Crippen MR) is 74.0 cm³/mol. The molecule has 7 heteroatoms. The van der Waals surface area contributed by atoms with Crippen molar-refractivity contribution in [3.05, 3.63) is 42.5 Å². The van der Waals surface area contributed by atoms with E-state index in [-0.39, 0.29) is 12.5 Å². The van der Waals surface area contributed by atoms with Crippen LogP contribution >= 0.6 is 0 Å². The Bertz CT molecular complexity index is 555. The Balaban J connectivity index is 1.94. The van der Waals surface area contributed by atoms with Crippen molar-refractivity contribution >= 4 is 11.6 Å². The molecule has 3 N–H and O–H groups in total. The zero-order chi connectivity index (χ0) is 14.4. The van der Waals surface area contributed by atoms with Crippen LogP contribution in [0, 0.1) is 0 Å². The number of anilines is 1. The summed E-state index contributed by atoms with van der Waals surface area (Å²) in [6.45, 7) is 0.791. The number of aromatic nitrogens is 3. The summed E-state index contributed by atoms with van der Waals surface area (Å²) in [5, 5.41) is 6.87. The molecule has 2 aromatic heterocycles. The van der Waals surface area contributed by atoms with Crippen LogP contribution in [0.15, 0.2) is 36.9 Å². The first kappa shape index (κ1) is 14.2. The van der Waals surface area contributed by atoms with E-state index < -0.39 is 6.04 Å². The van der Waals surface area contributed by atoms with Crippen molar-refractivity contribution in [1.82, 2.24) is 14.8 Å². The summed E-state index contributed by atoms with van der Waals surface area (Å²) >= 11 is 0. The van der Waals surface area contributed by atoms with Crippen LogP contribution in [-0.4, -0.2) is 40.4 Å². The molecule has 2 rings (SSSR count). The van der Waals surface area contributed by atoms with Gasteiger partial charge in [0, 0.05) is 25.7 Å². The fourth-order valence-electron chi connectivity index (χ4n) is 1.68. The molecule has 0 bridgehead atoms. The van der Waals surface area contributed by atoms with Gasteiger partial charge in [-0.3, -0.25) is 14.5 Å². The molecule has 1 amide bonds. The highest BCUT2D eigenvalue weighted by molar-refractivity contribution is 5.94. The van der Waals surface area contributed by atoms with Crippen molar-refractivity contribution in [3.63, 3.8) is 0 Å². The molecule has 0 saturated carbocycles. The topological polar surface area (TPSA) is 95.1 Å². The largest absolute Gasteiger partial charge is 0.383 e. The number of pyridine rings is 1. The third-order valence-corrected chi connectivity index (χ3v) is 2.68. The molecule has 0 aliphatic heterocycles. The van der Waals surface area contributed by atoms with Crippen LogP contribution < -0.4 is 11.1 Å². The second kappa shape index (κ2) is 6.78. The first-order valence-corrected chi connectivity index (χ1v) is 6.16. The van der Waals surface area contributed by atoms with Gasteiger partial charge in [0.2, 0.25) is 5.91 Å². The van der Waals surface area contributed by atoms with Crippen LogP contribution in [0.2, 0.25) is 0 Å². The lowest BCUT2D eigenvalue weighted by molar-refractivity contribution is -0.118. The van der Waals surface area contributed by atoms with Crippen molar-refractivity contribution in [2.24, 2.45) is 5.73 Å². The molecule has 0 spiro atoms. The molecule has 0 radical (unpaired) electrons. The Hall–Kier alpha value is -2.25. The van der Waals surface area contributed by atoms with Gasteiger partial charge in [0.15, 0.2) is 0 Å². The van der Waals surface area contributed by atoms with E-state index in [1.807, 2.05) is 12.1 Å². The summed E-state index contributed by atoms with van der Waals surface area (Å²) in [7, 11) is 1.50. The highest BCUT2D eigenvalue weighted by Crippen LogP contribution is 2.07. The molecule has 1 unspecified atom stereocenters. The number of hydrogen-bond donors (Lipinski definition) is 2. The number of carbonyl (C=O) groups excluding carboxylic acids is 1. The first-order chi connectivity index (χ1) is 9.69. The third kappa shape index (κ3) is 3.87. The van der Waals surface area contributed by atoms with E-state index in [0.29, 0.717) is 12.2 Å². The summed E-state index contributed by atoms with van der Waals surface area (Å²) in [4.78, 5) is 15.7. The Morgan fingerprint density at radius 2 is 2.25 bits per heavy atom. The minimum Gasteiger partial charge on any atom is -0.383 e. The Morgan fingerprint density at radius 1 is 1.50 bits per heavy atom. The SMILES string of the molecule is COCC(N)C(=O)Nc1cnn(Cc2ccncc2)c1. The highest BCUT2D eigenvalue weighted by atomic mass is 16.5. The van der Waals surface area contributed by atoms with Crippen LogP contribution in [0.1, 0.15) is 5.56 Å². The molecule has 0 fully saturated rings. The summed E-state index contributed by atoms with van der Waals surface area (Å²) < 4.78 is 6.56. The van der Waals surface area contributed by atoms with Gasteiger partial charge in [-0.1, -0.05) is 0 Å². The summed E-state index contributed by atoms with van der Waals surface area (Å²) in [5.74, 6) is -0.296. The second-order valence-electron chi connectivity index (χ2n) is 4.33. The smallest absolute Gasteiger partial charge is 0.243 e. The molecule has 0 aliphatic carbocycles. The molecule has 0 aliphatic rings. The summed E-state index contributed by atoms with van der Waals surface area (Å²) in [6.07, 6.45) is 6.78. The zero-order valence-electron chi connectivity index (χ0n) is 11.2. The average Bonchev–Trinajstić information content (AvgIpc) is 2.87. The number of methoxy groups -OCH3 is 1. The quantitative estimate of drug-likeness (QED) is 0.787. The predicted octanol–water partition coefficient (Wildman–Crippen LogP) is 0.239. The maximum absolute atomic E-state index is 11.7. The number of ether oxygens (including phenoxy) is 1. The highest BCUT2D eigenvalue weighted by Gasteiger charge is 2.13. The average molecular weight is 275 g/mol. The van der Waals surface area contributed by atoms with Crippen LogP contribution in [0.25, 0.3) is 0 Å². The second-order valence-corrected chi connectivity index (χ2v) is 4.33. The maximum atomic E-state index is 11.7. The molecule has 7 nitrogen and oxygen atoms in total. The van der Waals surface area contributed by atoms with Gasteiger partial charge in [0.25, 0.3) is 0 Å². The van der Waals surface area contributed by atoms with Crippen LogP contribution in [0.3, 0.4) is 0 Å². The molecule has 0 saturated heterocycles. The van der Waals surface area contributed by atoms with Gasteiger partial charge in [-0.2, -0.15) is 5.10 Å². The van der Waals surface area contributed by atoms with Gasteiger partial charge in [-0.25, -0.2) is 0 Å². The number of hydrogen-bond acceptors (Lipinski definition) is 5. The number of nitrogens with one attached hydrogen (secondary N) is 1. The van der Waals surface area contributed by atoms with Gasteiger partial charge >= 0.3 is 0 Å². The molecule has 0 aromatic carbocycles. The van der Waals surface area contributed by atoms with E-state index in [9.17, 15) is 4.79 Å². The van der Waals surface area contributed by atoms with Crippen molar-refractivity contribution in [1.29, 1.82) is 0 Å². The fraction of sp³-hybridized carbons (Fsp3) is 0.308. The Morgan fingerprint density at radius 3 is 2.95 bits per heavy atom. The lowest BCUT2D eigenvalue weighted by atomic mass is 10.3. The van der Waals surface area contributed by atoms with E-state index in [1.165, 1.54) is 7.11 Å². The third-order valence-electron chi connectivity index (χ3n) is 2.68. The number of nitrogens with zero attached hydrogens (tertiary/aromatic N) is 3. The van der Waals surface area contributed by atoms with Gasteiger partial charge in [0.05, 0.1) is 25.0 Å². The molecule has 2 heterocycles. The van der Waals surface area contributed by atoms with E-state index in [2.05, 4.69) is 15.4 Å². The van der Waals surface area contributed by atoms with Gasteiger partial charge < -0.3 is 15.8 Å². The standard InChI is InChI=1S/C13H17N5O2/c1-20-9-12(14)13(19)17-11-6-16-18(8-11)7-10-2-4-15-5-3-10/h2-6,8,12H,7,9,14H2,1H3,(H,17,19). The van der Waals surface area contributed by atoms with Gasteiger partial charge in [-0.05, 0) is 17.7 Å². The maximum Gasteiger partial charge on any atom is 0.243 e. The molecule has 20 heavy (non-hydrogen) atoms. The van der Waals surface area contributed by atoms with E-state index in [0.717, 1.165) is 5.56 Å². The van der Waals surface area contributed by atoms with E-state index in [1.54, 1.807) is 29.5 Å². The molecule has 106 valence electrons. The number of carbonyl (C=O) groups is 1. The number of amides is 1. The van der Waals surface area contributed by atoms with Crippen molar-refractivity contribution in [2.75, 3.05) is 19.0 Å². The Labute approximate surface area is 116 Å². The van der Waals surface area contributed by atoms with Crippen molar-refractivity contribution in [2.45, 2.75) is 12.6 Å². The summed E-state index contributed by atoms with van der Waals surface area (Å²) in [6, 6.07) is 3.13. The Kier molecular flexibility index (Phi) is 4.80. The molecular formula is C13H17N5O2. The molecular weight excluding hydrogens is 258 g/mol.